The molecule has 0 bridgehead atoms. The lowest BCUT2D eigenvalue weighted by Crippen LogP contribution is -2.28. The van der Waals surface area contributed by atoms with Gasteiger partial charge in [0.1, 0.15) is 0 Å². The van der Waals surface area contributed by atoms with Crippen molar-refractivity contribution in [1.29, 1.82) is 0 Å². The van der Waals surface area contributed by atoms with Gasteiger partial charge < -0.3 is 5.11 Å². The first-order valence-electron chi connectivity index (χ1n) is 5.02. The van der Waals surface area contributed by atoms with Gasteiger partial charge in [-0.3, -0.25) is 9.69 Å². The van der Waals surface area contributed by atoms with Crippen molar-refractivity contribution in [3.05, 3.63) is 35.4 Å². The van der Waals surface area contributed by atoms with Crippen LogP contribution in [0.15, 0.2) is 24.3 Å². The minimum atomic E-state index is 0.0809. The molecular formula is C12H17NO2. The molecule has 0 unspecified atom stereocenters. The van der Waals surface area contributed by atoms with Crippen LogP contribution in [0.2, 0.25) is 0 Å². The summed E-state index contributed by atoms with van der Waals surface area (Å²) in [4.78, 5) is 13.6. The van der Waals surface area contributed by atoms with E-state index in [1.165, 1.54) is 0 Å². The SMILES string of the molecule is Cc1cccc(C(=O)CN(C)CCO)c1. The highest BCUT2D eigenvalue weighted by Crippen LogP contribution is 2.05. The summed E-state index contributed by atoms with van der Waals surface area (Å²) in [5.74, 6) is 0.0923. The van der Waals surface area contributed by atoms with E-state index in [4.69, 9.17) is 5.11 Å². The molecule has 3 heteroatoms. The third-order valence-electron chi connectivity index (χ3n) is 2.24. The van der Waals surface area contributed by atoms with Crippen LogP contribution in [-0.2, 0) is 0 Å². The Morgan fingerprint density at radius 2 is 2.20 bits per heavy atom. The van der Waals surface area contributed by atoms with Crippen molar-refractivity contribution >= 4 is 5.78 Å². The number of benzene rings is 1. The Bertz CT molecular complexity index is 336. The number of aryl methyl sites for hydroxylation is 1. The zero-order valence-corrected chi connectivity index (χ0v) is 9.23. The number of rotatable bonds is 5. The highest BCUT2D eigenvalue weighted by molar-refractivity contribution is 5.97. The molecule has 0 fully saturated rings. The van der Waals surface area contributed by atoms with Gasteiger partial charge in [0.15, 0.2) is 5.78 Å². The maximum atomic E-state index is 11.8. The van der Waals surface area contributed by atoms with E-state index in [-0.39, 0.29) is 12.4 Å². The molecule has 0 saturated heterocycles. The van der Waals surface area contributed by atoms with Crippen LogP contribution in [0.25, 0.3) is 0 Å². The zero-order valence-electron chi connectivity index (χ0n) is 9.23. The van der Waals surface area contributed by atoms with Gasteiger partial charge >= 0.3 is 0 Å². The summed E-state index contributed by atoms with van der Waals surface area (Å²) in [5.41, 5.74) is 1.82. The number of aliphatic hydroxyl groups is 1. The predicted octanol–water partition coefficient (Wildman–Crippen LogP) is 1.10. The molecule has 0 amide bonds. The molecule has 82 valence electrons. The van der Waals surface area contributed by atoms with E-state index in [1.807, 2.05) is 43.1 Å². The second kappa shape index (κ2) is 5.63. The van der Waals surface area contributed by atoms with Gasteiger partial charge in [-0.15, -0.1) is 0 Å². The largest absolute Gasteiger partial charge is 0.395 e. The molecule has 1 N–H and O–H groups in total. The Hall–Kier alpha value is -1.19. The number of hydrogen-bond donors (Lipinski definition) is 1. The highest BCUT2D eigenvalue weighted by atomic mass is 16.3. The fourth-order valence-electron chi connectivity index (χ4n) is 1.40. The number of Topliss-reactive ketones (excluding diaryl/α,β-unsaturated/α-hetero) is 1. The summed E-state index contributed by atoms with van der Waals surface area (Å²) in [6.07, 6.45) is 0. The maximum Gasteiger partial charge on any atom is 0.176 e. The smallest absolute Gasteiger partial charge is 0.176 e. The number of carbonyl (C=O) groups excluding carboxylic acids is 1. The quantitative estimate of drug-likeness (QED) is 0.735. The van der Waals surface area contributed by atoms with Crippen molar-refractivity contribution < 1.29 is 9.90 Å². The van der Waals surface area contributed by atoms with Crippen LogP contribution in [0.5, 0.6) is 0 Å². The maximum absolute atomic E-state index is 11.8. The van der Waals surface area contributed by atoms with Crippen molar-refractivity contribution in [2.75, 3.05) is 26.7 Å². The van der Waals surface area contributed by atoms with Crippen LogP contribution in [0.4, 0.5) is 0 Å². The Balaban J connectivity index is 2.61. The van der Waals surface area contributed by atoms with Crippen molar-refractivity contribution in [2.45, 2.75) is 6.92 Å². The lowest BCUT2D eigenvalue weighted by Gasteiger charge is -2.13. The molecule has 1 aromatic carbocycles. The molecule has 0 spiro atoms. The summed E-state index contributed by atoms with van der Waals surface area (Å²) in [7, 11) is 1.82. The third-order valence-corrected chi connectivity index (χ3v) is 2.24. The van der Waals surface area contributed by atoms with Gasteiger partial charge in [0.25, 0.3) is 0 Å². The normalized spacial score (nSPS) is 10.7. The molecular weight excluding hydrogens is 190 g/mol. The first-order chi connectivity index (χ1) is 7.13. The first-order valence-corrected chi connectivity index (χ1v) is 5.02. The minimum absolute atomic E-state index is 0.0809. The number of aliphatic hydroxyl groups excluding tert-OH is 1. The van der Waals surface area contributed by atoms with Gasteiger partial charge in [-0.1, -0.05) is 23.8 Å². The van der Waals surface area contributed by atoms with Gasteiger partial charge in [-0.2, -0.15) is 0 Å². The third kappa shape index (κ3) is 3.81. The first kappa shape index (κ1) is 11.9. The van der Waals surface area contributed by atoms with E-state index >= 15 is 0 Å². The minimum Gasteiger partial charge on any atom is -0.395 e. The van der Waals surface area contributed by atoms with Crippen LogP contribution >= 0.6 is 0 Å². The van der Waals surface area contributed by atoms with Gasteiger partial charge in [-0.05, 0) is 20.0 Å². The van der Waals surface area contributed by atoms with Gasteiger partial charge in [0, 0.05) is 12.1 Å². The van der Waals surface area contributed by atoms with Crippen LogP contribution in [0, 0.1) is 6.92 Å². The number of nitrogens with zero attached hydrogens (tertiary/aromatic N) is 1. The molecule has 0 saturated carbocycles. The van der Waals surface area contributed by atoms with E-state index in [2.05, 4.69) is 0 Å². The molecule has 3 nitrogen and oxygen atoms in total. The summed E-state index contributed by atoms with van der Waals surface area (Å²) in [6.45, 7) is 2.92. The monoisotopic (exact) mass is 207 g/mol. The Morgan fingerprint density at radius 3 is 2.80 bits per heavy atom. The Kier molecular flexibility index (Phi) is 4.46. The fraction of sp³-hybridized carbons (Fsp3) is 0.417. The molecule has 0 aliphatic carbocycles. The molecule has 0 aliphatic heterocycles. The van der Waals surface area contributed by atoms with Crippen LogP contribution < -0.4 is 0 Å². The van der Waals surface area contributed by atoms with E-state index < -0.39 is 0 Å². The summed E-state index contributed by atoms with van der Waals surface area (Å²) >= 11 is 0. The molecule has 1 aromatic rings. The summed E-state index contributed by atoms with van der Waals surface area (Å²) in [5, 5.41) is 8.71. The van der Waals surface area contributed by atoms with Crippen LogP contribution in [0.3, 0.4) is 0 Å². The number of ketones is 1. The number of hydrogen-bond acceptors (Lipinski definition) is 3. The van der Waals surface area contributed by atoms with Gasteiger partial charge in [0.05, 0.1) is 13.2 Å². The van der Waals surface area contributed by atoms with Crippen molar-refractivity contribution in [2.24, 2.45) is 0 Å². The fourth-order valence-corrected chi connectivity index (χ4v) is 1.40. The predicted molar refractivity (Wildman–Crippen MR) is 60.1 cm³/mol. The van der Waals surface area contributed by atoms with Crippen LogP contribution in [0.1, 0.15) is 15.9 Å². The van der Waals surface area contributed by atoms with Crippen molar-refractivity contribution in [3.8, 4) is 0 Å². The van der Waals surface area contributed by atoms with Crippen LogP contribution in [-0.4, -0.2) is 42.5 Å². The Morgan fingerprint density at radius 1 is 1.47 bits per heavy atom. The molecule has 0 radical (unpaired) electrons. The lowest BCUT2D eigenvalue weighted by atomic mass is 10.1. The number of carbonyl (C=O) groups is 1. The average molecular weight is 207 g/mol. The molecule has 0 atom stereocenters. The zero-order chi connectivity index (χ0) is 11.3. The van der Waals surface area contributed by atoms with Gasteiger partial charge in [-0.25, -0.2) is 0 Å². The van der Waals surface area contributed by atoms with Crippen molar-refractivity contribution in [3.63, 3.8) is 0 Å². The highest BCUT2D eigenvalue weighted by Gasteiger charge is 2.08. The second-order valence-electron chi connectivity index (χ2n) is 3.75. The second-order valence-corrected chi connectivity index (χ2v) is 3.75. The van der Waals surface area contributed by atoms with E-state index in [0.717, 1.165) is 11.1 Å². The molecule has 0 heterocycles. The molecule has 0 aliphatic rings. The Labute approximate surface area is 90.3 Å². The molecule has 1 rings (SSSR count). The lowest BCUT2D eigenvalue weighted by molar-refractivity contribution is 0.0935. The van der Waals surface area contributed by atoms with E-state index in [1.54, 1.807) is 0 Å². The average Bonchev–Trinajstić information content (AvgIpc) is 2.18. The molecule has 0 aromatic heterocycles. The van der Waals surface area contributed by atoms with Crippen molar-refractivity contribution in [1.82, 2.24) is 4.90 Å². The molecule has 15 heavy (non-hydrogen) atoms. The van der Waals surface area contributed by atoms with E-state index in [9.17, 15) is 4.79 Å². The standard InChI is InChI=1S/C12H17NO2/c1-10-4-3-5-11(8-10)12(15)9-13(2)6-7-14/h3-5,8,14H,6-7,9H2,1-2H3. The van der Waals surface area contributed by atoms with Gasteiger partial charge in [0.2, 0.25) is 0 Å². The topological polar surface area (TPSA) is 40.5 Å². The summed E-state index contributed by atoms with van der Waals surface area (Å²) in [6, 6.07) is 7.56. The number of likely N-dealkylation sites (N-methyl/N-ethyl adjacent to an activating group) is 1. The summed E-state index contributed by atoms with van der Waals surface area (Å²) < 4.78 is 0. The van der Waals surface area contributed by atoms with E-state index in [0.29, 0.717) is 13.1 Å².